The molecule has 39 heavy (non-hydrogen) atoms. The van der Waals surface area contributed by atoms with Gasteiger partial charge in [-0.25, -0.2) is 0 Å². The third-order valence-electron chi connectivity index (χ3n) is 6.47. The van der Waals surface area contributed by atoms with Crippen molar-refractivity contribution in [1.29, 1.82) is 0 Å². The number of rotatable bonds is 13. The molecule has 1 aliphatic heterocycles. The highest BCUT2D eigenvalue weighted by Gasteiger charge is 2.47. The molecule has 2 aromatic rings. The number of carbonyl (C=O) groups excluding carboxylic acids is 3. The Bertz CT molecular complexity index is 1200. The molecule has 2 amide bonds. The van der Waals surface area contributed by atoms with Gasteiger partial charge in [-0.2, -0.15) is 0 Å². The number of Topliss-reactive ketones (excluding diaryl/α,β-unsaturated/α-hetero) is 1. The van der Waals surface area contributed by atoms with Crippen molar-refractivity contribution >= 4 is 45.2 Å². The molecular formula is C29H34BrN3O6. The van der Waals surface area contributed by atoms with Gasteiger partial charge in [0.15, 0.2) is 11.4 Å². The molecule has 1 aliphatic rings. The number of para-hydroxylation sites is 1. The SMILES string of the molecule is CCC(=O)N(c1ccccc1)[C@H](C1=CC(Cc2ccccc2)(C(=O)N[C@@H](CC(=O)O)C(=O)CBr)ON1)C(C)C. The molecule has 3 N–H and O–H groups in total. The van der Waals surface area contributed by atoms with Crippen molar-refractivity contribution in [2.24, 2.45) is 5.92 Å². The van der Waals surface area contributed by atoms with E-state index in [0.29, 0.717) is 11.4 Å². The van der Waals surface area contributed by atoms with Crippen LogP contribution in [-0.2, 0) is 30.4 Å². The molecule has 3 atom stereocenters. The number of hydrogen-bond acceptors (Lipinski definition) is 6. The summed E-state index contributed by atoms with van der Waals surface area (Å²) in [6.45, 7) is 5.74. The maximum Gasteiger partial charge on any atom is 0.305 e. The minimum absolute atomic E-state index is 0.0756. The highest BCUT2D eigenvalue weighted by molar-refractivity contribution is 9.09. The van der Waals surface area contributed by atoms with E-state index in [1.165, 1.54) is 0 Å². The van der Waals surface area contributed by atoms with Crippen LogP contribution in [0.3, 0.4) is 0 Å². The van der Waals surface area contributed by atoms with Gasteiger partial charge in [-0.15, -0.1) is 0 Å². The predicted molar refractivity (Wildman–Crippen MR) is 151 cm³/mol. The molecular weight excluding hydrogens is 566 g/mol. The number of halogens is 1. The van der Waals surface area contributed by atoms with Crippen molar-refractivity contribution in [3.8, 4) is 0 Å². The third-order valence-corrected chi connectivity index (χ3v) is 7.02. The quantitative estimate of drug-likeness (QED) is 0.299. The van der Waals surface area contributed by atoms with Gasteiger partial charge in [-0.3, -0.25) is 29.5 Å². The summed E-state index contributed by atoms with van der Waals surface area (Å²) in [7, 11) is 0. The van der Waals surface area contributed by atoms with Gasteiger partial charge in [-0.05, 0) is 29.7 Å². The molecule has 0 saturated carbocycles. The normalized spacial score (nSPS) is 18.0. The number of hydrogen-bond donors (Lipinski definition) is 3. The number of amides is 2. The van der Waals surface area contributed by atoms with Crippen LogP contribution in [0.1, 0.15) is 39.2 Å². The second-order valence-electron chi connectivity index (χ2n) is 9.72. The van der Waals surface area contributed by atoms with E-state index in [0.717, 1.165) is 5.56 Å². The number of hydroxylamine groups is 1. The molecule has 9 nitrogen and oxygen atoms in total. The molecule has 208 valence electrons. The summed E-state index contributed by atoms with van der Waals surface area (Å²) in [4.78, 5) is 58.6. The average molecular weight is 601 g/mol. The molecule has 1 unspecified atom stereocenters. The first-order valence-corrected chi connectivity index (χ1v) is 13.9. The molecule has 0 spiro atoms. The second kappa shape index (κ2) is 13.5. The first kappa shape index (κ1) is 30.0. The van der Waals surface area contributed by atoms with Gasteiger partial charge in [0, 0.05) is 18.5 Å². The van der Waals surface area contributed by atoms with Crippen LogP contribution in [0.25, 0.3) is 0 Å². The Morgan fingerprint density at radius 2 is 1.67 bits per heavy atom. The highest BCUT2D eigenvalue weighted by atomic mass is 79.9. The van der Waals surface area contributed by atoms with Gasteiger partial charge in [0.05, 0.1) is 29.5 Å². The molecule has 0 aliphatic carbocycles. The van der Waals surface area contributed by atoms with E-state index in [-0.39, 0.29) is 30.0 Å². The monoisotopic (exact) mass is 599 g/mol. The number of nitrogens with zero attached hydrogens (tertiary/aromatic N) is 1. The number of carboxylic acid groups (broad SMARTS) is 1. The number of carboxylic acids is 1. The number of ketones is 1. The third kappa shape index (κ3) is 7.33. The molecule has 0 saturated heterocycles. The van der Waals surface area contributed by atoms with Crippen LogP contribution in [-0.4, -0.2) is 51.7 Å². The number of alkyl halides is 1. The summed E-state index contributed by atoms with van der Waals surface area (Å²) < 4.78 is 0. The standard InChI is InChI=1S/C29H34BrN3O6/c1-4-25(35)33(21-13-9-6-10-14-21)27(19(2)3)23-17-29(39-32-23,16-20-11-7-5-8-12-20)28(38)31-22(15-26(36)37)24(34)18-30/h5-14,17,19,22,27,32H,4,15-16,18H2,1-3H3,(H,31,38)(H,36,37)/t22-,27-,29?/m0/s1. The second-order valence-corrected chi connectivity index (χ2v) is 10.3. The fourth-order valence-corrected chi connectivity index (χ4v) is 4.98. The van der Waals surface area contributed by atoms with Gasteiger partial charge in [0.1, 0.15) is 0 Å². The highest BCUT2D eigenvalue weighted by Crippen LogP contribution is 2.33. The number of benzene rings is 2. The van der Waals surface area contributed by atoms with Crippen LogP contribution in [0.4, 0.5) is 5.69 Å². The van der Waals surface area contributed by atoms with Gasteiger partial charge in [-0.1, -0.05) is 85.2 Å². The Balaban J connectivity index is 2.07. The van der Waals surface area contributed by atoms with E-state index < -0.39 is 41.8 Å². The van der Waals surface area contributed by atoms with Crippen LogP contribution in [0, 0.1) is 5.92 Å². The molecule has 2 aromatic carbocycles. The van der Waals surface area contributed by atoms with Crippen LogP contribution in [0.2, 0.25) is 0 Å². The Hall–Kier alpha value is -3.50. The smallest absolute Gasteiger partial charge is 0.305 e. The van der Waals surface area contributed by atoms with Gasteiger partial charge < -0.3 is 15.3 Å². The molecule has 0 aromatic heterocycles. The van der Waals surface area contributed by atoms with Gasteiger partial charge in [0.2, 0.25) is 5.91 Å². The zero-order chi connectivity index (χ0) is 28.6. The van der Waals surface area contributed by atoms with E-state index in [2.05, 4.69) is 26.7 Å². The van der Waals surface area contributed by atoms with Crippen molar-refractivity contribution < 1.29 is 29.1 Å². The van der Waals surface area contributed by atoms with E-state index in [1.54, 1.807) is 17.9 Å². The van der Waals surface area contributed by atoms with Gasteiger partial charge in [0.25, 0.3) is 5.91 Å². The van der Waals surface area contributed by atoms with E-state index in [1.807, 2.05) is 74.5 Å². The Labute approximate surface area is 236 Å². The molecule has 0 radical (unpaired) electrons. The number of carbonyl (C=O) groups is 4. The van der Waals surface area contributed by atoms with Crippen LogP contribution in [0.5, 0.6) is 0 Å². The lowest BCUT2D eigenvalue weighted by atomic mass is 9.89. The summed E-state index contributed by atoms with van der Waals surface area (Å²) in [5.41, 5.74) is 3.32. The topological polar surface area (TPSA) is 125 Å². The van der Waals surface area contributed by atoms with Crippen molar-refractivity contribution in [3.05, 3.63) is 78.0 Å². The molecule has 1 heterocycles. The van der Waals surface area contributed by atoms with Crippen LogP contribution in [0.15, 0.2) is 72.4 Å². The Morgan fingerprint density at radius 3 is 2.21 bits per heavy atom. The molecule has 10 heteroatoms. The fourth-order valence-electron chi connectivity index (χ4n) is 4.59. The maximum atomic E-state index is 13.8. The maximum absolute atomic E-state index is 13.8. The minimum Gasteiger partial charge on any atom is -0.481 e. The van der Waals surface area contributed by atoms with Crippen molar-refractivity contribution in [2.45, 2.75) is 57.7 Å². The largest absolute Gasteiger partial charge is 0.481 e. The van der Waals surface area contributed by atoms with Crippen molar-refractivity contribution in [3.63, 3.8) is 0 Å². The molecule has 3 rings (SSSR count). The van der Waals surface area contributed by atoms with Crippen molar-refractivity contribution in [1.82, 2.24) is 10.8 Å². The molecule has 0 fully saturated rings. The summed E-state index contributed by atoms with van der Waals surface area (Å²) in [5.74, 6) is -2.53. The summed E-state index contributed by atoms with van der Waals surface area (Å²) in [5, 5.41) is 11.8. The van der Waals surface area contributed by atoms with E-state index in [4.69, 9.17) is 4.84 Å². The summed E-state index contributed by atoms with van der Waals surface area (Å²) in [6, 6.07) is 16.8. The zero-order valence-corrected chi connectivity index (χ0v) is 23.8. The van der Waals surface area contributed by atoms with Crippen LogP contribution < -0.4 is 15.7 Å². The van der Waals surface area contributed by atoms with E-state index in [9.17, 15) is 24.3 Å². The Kier molecular flexibility index (Phi) is 10.4. The zero-order valence-electron chi connectivity index (χ0n) is 22.2. The van der Waals surface area contributed by atoms with Gasteiger partial charge >= 0.3 is 5.97 Å². The van der Waals surface area contributed by atoms with Crippen LogP contribution >= 0.6 is 15.9 Å². The van der Waals surface area contributed by atoms with E-state index >= 15 is 0 Å². The average Bonchev–Trinajstić information content (AvgIpc) is 3.35. The minimum atomic E-state index is -1.61. The lowest BCUT2D eigenvalue weighted by Crippen LogP contribution is -2.54. The Morgan fingerprint density at radius 1 is 1.05 bits per heavy atom. The summed E-state index contributed by atoms with van der Waals surface area (Å²) >= 11 is 3.06. The lowest BCUT2D eigenvalue weighted by Gasteiger charge is -2.35. The summed E-state index contributed by atoms with van der Waals surface area (Å²) in [6.07, 6.45) is 1.46. The number of nitrogens with one attached hydrogen (secondary N) is 2. The first-order chi connectivity index (χ1) is 18.6. The molecule has 0 bridgehead atoms. The predicted octanol–water partition coefficient (Wildman–Crippen LogP) is 3.78. The lowest BCUT2D eigenvalue weighted by molar-refractivity contribution is -0.147. The fraction of sp³-hybridized carbons (Fsp3) is 0.379. The first-order valence-electron chi connectivity index (χ1n) is 12.8. The number of aliphatic carboxylic acids is 1. The van der Waals surface area contributed by atoms with Crippen molar-refractivity contribution in [2.75, 3.05) is 10.2 Å². The number of anilines is 1.